The van der Waals surface area contributed by atoms with Crippen LogP contribution in [0.2, 0.25) is 0 Å². The van der Waals surface area contributed by atoms with Crippen molar-refractivity contribution in [2.24, 2.45) is 0 Å². The molecule has 2 aromatic heterocycles. The summed E-state index contributed by atoms with van der Waals surface area (Å²) in [4.78, 5) is 10.4. The molecule has 6 nitrogen and oxygen atoms in total. The Morgan fingerprint density at radius 2 is 0.875 bits per heavy atom. The van der Waals surface area contributed by atoms with E-state index >= 15 is 0 Å². The van der Waals surface area contributed by atoms with Crippen molar-refractivity contribution in [2.75, 3.05) is 0 Å². The van der Waals surface area contributed by atoms with Crippen LogP contribution in [0.25, 0.3) is 34.2 Å². The van der Waals surface area contributed by atoms with Crippen LogP contribution in [0.1, 0.15) is 50.5 Å². The molecular weight excluding hydrogens is 492 g/mol. The second-order valence-electron chi connectivity index (χ2n) is 11.4. The van der Waals surface area contributed by atoms with E-state index in [0.29, 0.717) is 11.6 Å². The Bertz CT molecular complexity index is 1710. The van der Waals surface area contributed by atoms with E-state index < -0.39 is 10.8 Å². The lowest BCUT2D eigenvalue weighted by Crippen LogP contribution is -2.25. The molecule has 0 unspecified atom stereocenters. The van der Waals surface area contributed by atoms with Crippen molar-refractivity contribution in [1.29, 1.82) is 0 Å². The van der Waals surface area contributed by atoms with Crippen molar-refractivity contribution in [3.8, 4) is 34.2 Å². The average molecular weight is 523 g/mol. The van der Waals surface area contributed by atoms with E-state index in [4.69, 9.17) is 20.2 Å². The highest BCUT2D eigenvalue weighted by molar-refractivity contribution is 5.62. The first-order valence-corrected chi connectivity index (χ1v) is 13.6. The first-order valence-electron chi connectivity index (χ1n) is 13.6. The van der Waals surface area contributed by atoms with Crippen LogP contribution in [-0.4, -0.2) is 29.5 Å². The molecule has 0 spiro atoms. The van der Waals surface area contributed by atoms with Gasteiger partial charge in [-0.1, -0.05) is 72.8 Å². The predicted molar refractivity (Wildman–Crippen MR) is 158 cm³/mol. The fourth-order valence-corrected chi connectivity index (χ4v) is 5.53. The summed E-state index contributed by atoms with van der Waals surface area (Å²) in [5.74, 6) is 3.14. The Balaban J connectivity index is 1.54. The van der Waals surface area contributed by atoms with Crippen LogP contribution >= 0.6 is 0 Å². The van der Waals surface area contributed by atoms with Gasteiger partial charge in [0.05, 0.1) is 11.4 Å². The zero-order valence-corrected chi connectivity index (χ0v) is 23.1. The van der Waals surface area contributed by atoms with Gasteiger partial charge in [0.1, 0.15) is 11.6 Å². The number of nitrogens with zero attached hydrogens (tertiary/aromatic N) is 6. The van der Waals surface area contributed by atoms with Gasteiger partial charge in [0.2, 0.25) is 0 Å². The number of fused-ring (bicyclic) bond motifs is 10. The molecule has 0 radical (unpaired) electrons. The van der Waals surface area contributed by atoms with E-state index in [2.05, 4.69) is 100 Å². The van der Waals surface area contributed by atoms with E-state index in [1.54, 1.807) is 0 Å². The zero-order valence-electron chi connectivity index (χ0n) is 23.1. The summed E-state index contributed by atoms with van der Waals surface area (Å²) in [6.45, 7) is 8.80. The summed E-state index contributed by atoms with van der Waals surface area (Å²) in [6.07, 6.45) is 0. The lowest BCUT2D eigenvalue weighted by Gasteiger charge is -2.26. The molecule has 40 heavy (non-hydrogen) atoms. The maximum atomic E-state index is 5.20. The van der Waals surface area contributed by atoms with Crippen molar-refractivity contribution in [3.63, 3.8) is 0 Å². The number of rotatable bonds is 2. The van der Waals surface area contributed by atoms with Gasteiger partial charge in [-0.05, 0) is 75.2 Å². The fourth-order valence-electron chi connectivity index (χ4n) is 5.53. The largest absolute Gasteiger partial charge is 0.216 e. The molecule has 0 atom stereocenters. The Morgan fingerprint density at radius 1 is 0.475 bits per heavy atom. The lowest BCUT2D eigenvalue weighted by atomic mass is 9.82. The highest BCUT2D eigenvalue weighted by Gasteiger charge is 2.34. The third-order valence-electron chi connectivity index (χ3n) is 8.02. The minimum atomic E-state index is -0.455. The lowest BCUT2D eigenvalue weighted by molar-refractivity contribution is 0.566. The van der Waals surface area contributed by atoms with Crippen LogP contribution in [0.4, 0.5) is 0 Å². The van der Waals surface area contributed by atoms with Crippen molar-refractivity contribution in [3.05, 3.63) is 132 Å². The SMILES string of the molecule is CC1(C)c2cccc(c2)-c2nc(n(-c3ccccc3)n2)C(C)(C)c2cccc(c2)-c2nc1n(-c1ccccc1)n2. The summed E-state index contributed by atoms with van der Waals surface area (Å²) in [5.41, 5.74) is 5.21. The van der Waals surface area contributed by atoms with Crippen LogP contribution in [0, 0.1) is 0 Å². The van der Waals surface area contributed by atoms with Gasteiger partial charge in [-0.3, -0.25) is 0 Å². The number of hydrogen-bond donors (Lipinski definition) is 0. The number of aromatic nitrogens is 6. The van der Waals surface area contributed by atoms with Gasteiger partial charge in [0.25, 0.3) is 0 Å². The Labute approximate surface area is 234 Å². The molecule has 3 heterocycles. The molecule has 6 aromatic rings. The van der Waals surface area contributed by atoms with Crippen LogP contribution in [-0.2, 0) is 10.8 Å². The van der Waals surface area contributed by atoms with Gasteiger partial charge in [-0.15, -0.1) is 10.2 Å². The number of para-hydroxylation sites is 2. The van der Waals surface area contributed by atoms with Crippen LogP contribution in [0.3, 0.4) is 0 Å². The van der Waals surface area contributed by atoms with Gasteiger partial charge in [0.15, 0.2) is 11.6 Å². The molecule has 0 aliphatic carbocycles. The highest BCUT2D eigenvalue weighted by atomic mass is 15.4. The van der Waals surface area contributed by atoms with Gasteiger partial charge in [-0.2, -0.15) is 0 Å². The van der Waals surface area contributed by atoms with Crippen molar-refractivity contribution in [2.45, 2.75) is 38.5 Å². The molecule has 0 saturated carbocycles. The van der Waals surface area contributed by atoms with E-state index in [0.717, 1.165) is 45.3 Å². The van der Waals surface area contributed by atoms with Gasteiger partial charge < -0.3 is 0 Å². The van der Waals surface area contributed by atoms with Crippen molar-refractivity contribution in [1.82, 2.24) is 29.5 Å². The maximum Gasteiger partial charge on any atom is 0.181 e. The minimum absolute atomic E-state index is 0.455. The van der Waals surface area contributed by atoms with Gasteiger partial charge in [-0.25, -0.2) is 19.3 Å². The molecule has 1 aliphatic rings. The molecule has 1 aliphatic heterocycles. The molecule has 0 amide bonds. The van der Waals surface area contributed by atoms with Crippen LogP contribution in [0.15, 0.2) is 109 Å². The third-order valence-corrected chi connectivity index (χ3v) is 8.02. The topological polar surface area (TPSA) is 61.4 Å². The second-order valence-corrected chi connectivity index (χ2v) is 11.4. The summed E-state index contributed by atoms with van der Waals surface area (Å²) in [7, 11) is 0. The first kappa shape index (κ1) is 24.2. The maximum absolute atomic E-state index is 5.20. The molecule has 7 rings (SSSR count). The van der Waals surface area contributed by atoms with Gasteiger partial charge >= 0.3 is 0 Å². The summed E-state index contributed by atoms with van der Waals surface area (Å²) < 4.78 is 3.97. The number of benzene rings is 4. The minimum Gasteiger partial charge on any atom is -0.216 e. The third kappa shape index (κ3) is 3.79. The molecule has 0 saturated heterocycles. The van der Waals surface area contributed by atoms with Crippen molar-refractivity contribution < 1.29 is 0 Å². The van der Waals surface area contributed by atoms with Crippen molar-refractivity contribution >= 4 is 0 Å². The highest BCUT2D eigenvalue weighted by Crippen LogP contribution is 2.38. The van der Waals surface area contributed by atoms with Gasteiger partial charge in [0, 0.05) is 22.0 Å². The Kier molecular flexibility index (Phi) is 5.36. The van der Waals surface area contributed by atoms with E-state index in [1.165, 1.54) is 0 Å². The molecule has 0 fully saturated rings. The smallest absolute Gasteiger partial charge is 0.181 e. The fraction of sp³-hybridized carbons (Fsp3) is 0.176. The predicted octanol–water partition coefficient (Wildman–Crippen LogP) is 7.15. The summed E-state index contributed by atoms with van der Waals surface area (Å²) in [5, 5.41) is 10.2. The Morgan fingerprint density at radius 3 is 1.27 bits per heavy atom. The summed E-state index contributed by atoms with van der Waals surface area (Å²) in [6, 6.07) is 37.5. The Hall–Kier alpha value is -4.84. The molecule has 6 heteroatoms. The van der Waals surface area contributed by atoms with Crippen LogP contribution in [0.5, 0.6) is 0 Å². The molecule has 0 N–H and O–H groups in total. The average Bonchev–Trinajstić information content (AvgIpc) is 3.65. The molecule has 4 aromatic carbocycles. The van der Waals surface area contributed by atoms with E-state index in [9.17, 15) is 0 Å². The molecule has 8 bridgehead atoms. The molecule has 196 valence electrons. The normalized spacial score (nSPS) is 14.9. The van der Waals surface area contributed by atoms with E-state index in [-0.39, 0.29) is 0 Å². The molecular formula is C34H30N6. The standard InChI is InChI=1S/C34H30N6/c1-33(2)25-15-11-13-23(21-25)30-36-32(40(38-30)28-19-9-6-10-20-28)34(3,4)26-16-12-14-24(22-26)29-35-31(33)39(37-29)27-17-7-5-8-18-27/h5-22H,1-4H3. The van der Waals surface area contributed by atoms with Crippen LogP contribution < -0.4 is 0 Å². The summed E-state index contributed by atoms with van der Waals surface area (Å²) >= 11 is 0. The number of hydrogen-bond acceptors (Lipinski definition) is 4. The van der Waals surface area contributed by atoms with E-state index in [1.807, 2.05) is 45.8 Å². The second kappa shape index (κ2) is 8.85. The monoisotopic (exact) mass is 522 g/mol. The first-order chi connectivity index (χ1) is 19.3. The zero-order chi connectivity index (χ0) is 27.5. The quantitative estimate of drug-likeness (QED) is 0.242.